The van der Waals surface area contributed by atoms with Crippen LogP contribution < -0.4 is 9.47 Å². The van der Waals surface area contributed by atoms with Gasteiger partial charge < -0.3 is 14.0 Å². The minimum absolute atomic E-state index is 0.0195. The van der Waals surface area contributed by atoms with Crippen LogP contribution in [0.5, 0.6) is 11.5 Å². The third-order valence-corrected chi connectivity index (χ3v) is 8.11. The van der Waals surface area contributed by atoms with Gasteiger partial charge in [-0.2, -0.15) is 10.0 Å². The Morgan fingerprint density at radius 1 is 1.11 bits per heavy atom. The number of nitrogens with zero attached hydrogens (tertiary/aromatic N) is 4. The molecule has 1 aromatic heterocycles. The van der Waals surface area contributed by atoms with Crippen LogP contribution in [0, 0.1) is 5.41 Å². The highest BCUT2D eigenvalue weighted by Crippen LogP contribution is 2.31. The van der Waals surface area contributed by atoms with Crippen LogP contribution in [-0.2, 0) is 21.2 Å². The Hall–Kier alpha value is -3.90. The van der Waals surface area contributed by atoms with Gasteiger partial charge in [0, 0.05) is 28.9 Å². The van der Waals surface area contributed by atoms with Gasteiger partial charge in [0.15, 0.2) is 17.3 Å². The number of hydrazone groups is 1. The molecular formula is C24H21N5O5S2. The van der Waals surface area contributed by atoms with Crippen LogP contribution in [0.15, 0.2) is 70.4 Å². The van der Waals surface area contributed by atoms with E-state index >= 15 is 0 Å². The van der Waals surface area contributed by atoms with Crippen LogP contribution >= 0.6 is 11.8 Å². The number of amides is 1. The van der Waals surface area contributed by atoms with E-state index in [1.807, 2.05) is 59.3 Å². The van der Waals surface area contributed by atoms with Crippen molar-refractivity contribution in [1.29, 1.82) is 5.41 Å². The van der Waals surface area contributed by atoms with E-state index < -0.39 is 15.7 Å². The van der Waals surface area contributed by atoms with Gasteiger partial charge in [-0.3, -0.25) is 10.2 Å². The number of hydrogen-bond acceptors (Lipinski definition) is 8. The van der Waals surface area contributed by atoms with Crippen molar-refractivity contribution in [2.75, 3.05) is 20.0 Å². The predicted molar refractivity (Wildman–Crippen MR) is 140 cm³/mol. The molecule has 2 aromatic carbocycles. The minimum Gasteiger partial charge on any atom is -0.493 e. The van der Waals surface area contributed by atoms with Crippen LogP contribution in [0.1, 0.15) is 5.56 Å². The van der Waals surface area contributed by atoms with Crippen LogP contribution in [0.4, 0.5) is 0 Å². The highest BCUT2D eigenvalue weighted by Gasteiger charge is 2.38. The molecule has 0 saturated carbocycles. The summed E-state index contributed by atoms with van der Waals surface area (Å²) in [6.45, 7) is 0.908. The zero-order valence-electron chi connectivity index (χ0n) is 19.3. The Bertz CT molecular complexity index is 1600. The maximum atomic E-state index is 12.8. The fourth-order valence-corrected chi connectivity index (χ4v) is 5.53. The summed E-state index contributed by atoms with van der Waals surface area (Å²) in [5.41, 5.74) is 1.67. The van der Waals surface area contributed by atoms with Crippen LogP contribution in [0.2, 0.25) is 0 Å². The lowest BCUT2D eigenvalue weighted by atomic mass is 10.1. The number of nitrogens with one attached hydrogen (secondary N) is 1. The summed E-state index contributed by atoms with van der Waals surface area (Å²) in [5, 5.41) is 14.5. The number of benzene rings is 2. The van der Waals surface area contributed by atoms with E-state index in [1.54, 1.807) is 13.2 Å². The molecule has 0 aliphatic carbocycles. The molecule has 2 aliphatic rings. The van der Waals surface area contributed by atoms with E-state index in [9.17, 15) is 13.2 Å². The number of carbonyl (C=O) groups is 1. The molecule has 0 unspecified atom stereocenters. The second kappa shape index (κ2) is 9.28. The average Bonchev–Trinajstić information content (AvgIpc) is 3.44. The van der Waals surface area contributed by atoms with Crippen molar-refractivity contribution in [3.8, 4) is 11.5 Å². The van der Waals surface area contributed by atoms with Crippen molar-refractivity contribution < 1.29 is 22.7 Å². The lowest BCUT2D eigenvalue weighted by Gasteiger charge is -2.19. The number of ether oxygens (including phenoxy) is 2. The number of amidine groups is 2. The molecule has 0 radical (unpaired) electrons. The van der Waals surface area contributed by atoms with Gasteiger partial charge in [0.25, 0.3) is 5.91 Å². The first-order chi connectivity index (χ1) is 17.3. The molecule has 1 amide bonds. The van der Waals surface area contributed by atoms with Gasteiger partial charge in [-0.25, -0.2) is 8.42 Å². The first kappa shape index (κ1) is 23.8. The summed E-state index contributed by atoms with van der Waals surface area (Å²) in [6.07, 6.45) is 4.49. The lowest BCUT2D eigenvalue weighted by molar-refractivity contribution is -0.114. The fraction of sp³-hybridized carbons (Fsp3) is 0.167. The number of fused-ring (bicyclic) bond motifs is 2. The second-order valence-corrected chi connectivity index (χ2v) is 11.1. The molecule has 3 heterocycles. The smallest absolute Gasteiger partial charge is 0.283 e. The number of para-hydroxylation sites is 3. The highest BCUT2D eigenvalue weighted by molar-refractivity contribution is 8.42. The Labute approximate surface area is 211 Å². The van der Waals surface area contributed by atoms with Gasteiger partial charge in [0.2, 0.25) is 19.4 Å². The summed E-state index contributed by atoms with van der Waals surface area (Å²) in [6, 6.07) is 15.1. The SMILES string of the molecule is COc1ccccc1OCCn1cc(C=C2C(=N)N3N=C(S(C)(=O)=O)SC3=NC2=O)c2ccccc21. The van der Waals surface area contributed by atoms with Gasteiger partial charge >= 0.3 is 0 Å². The highest BCUT2D eigenvalue weighted by atomic mass is 32.3. The molecule has 1 N–H and O–H groups in total. The van der Waals surface area contributed by atoms with E-state index in [4.69, 9.17) is 14.9 Å². The normalized spacial score (nSPS) is 16.8. The van der Waals surface area contributed by atoms with Crippen LogP contribution in [-0.4, -0.2) is 59.3 Å². The topological polar surface area (TPSA) is 126 Å². The van der Waals surface area contributed by atoms with Gasteiger partial charge in [-0.1, -0.05) is 30.3 Å². The third kappa shape index (κ3) is 4.40. The van der Waals surface area contributed by atoms with Crippen LogP contribution in [0.3, 0.4) is 0 Å². The van der Waals surface area contributed by atoms with Crippen molar-refractivity contribution in [2.45, 2.75) is 6.54 Å². The largest absolute Gasteiger partial charge is 0.493 e. The number of aliphatic imine (C=N–C) groups is 1. The monoisotopic (exact) mass is 523 g/mol. The number of sulfone groups is 1. The molecule has 0 atom stereocenters. The molecule has 0 bridgehead atoms. The summed E-state index contributed by atoms with van der Waals surface area (Å²) in [4.78, 5) is 16.7. The molecule has 10 nitrogen and oxygen atoms in total. The van der Waals surface area contributed by atoms with Crippen molar-refractivity contribution in [3.05, 3.63) is 65.9 Å². The molecule has 3 aromatic rings. The molecule has 36 heavy (non-hydrogen) atoms. The van der Waals surface area contributed by atoms with Crippen molar-refractivity contribution in [2.24, 2.45) is 10.1 Å². The minimum atomic E-state index is -3.60. The summed E-state index contributed by atoms with van der Waals surface area (Å²) in [7, 11) is -2.01. The van der Waals surface area contributed by atoms with Crippen molar-refractivity contribution in [1.82, 2.24) is 9.58 Å². The van der Waals surface area contributed by atoms with Crippen molar-refractivity contribution in [3.63, 3.8) is 0 Å². The molecule has 12 heteroatoms. The van der Waals surface area contributed by atoms with E-state index in [0.717, 1.165) is 33.9 Å². The summed E-state index contributed by atoms with van der Waals surface area (Å²) < 4.78 is 36.8. The van der Waals surface area contributed by atoms with Crippen molar-refractivity contribution >= 4 is 59.9 Å². The first-order valence-electron chi connectivity index (χ1n) is 10.8. The lowest BCUT2D eigenvalue weighted by Crippen LogP contribution is -2.35. The Morgan fingerprint density at radius 2 is 1.83 bits per heavy atom. The van der Waals surface area contributed by atoms with E-state index in [-0.39, 0.29) is 21.0 Å². The molecule has 0 spiro atoms. The quantitative estimate of drug-likeness (QED) is 0.491. The van der Waals surface area contributed by atoms with Gasteiger partial charge in [0.1, 0.15) is 6.61 Å². The first-order valence-corrected chi connectivity index (χ1v) is 13.5. The molecule has 0 saturated heterocycles. The van der Waals surface area contributed by atoms with Gasteiger partial charge in [-0.15, -0.1) is 5.10 Å². The number of aromatic nitrogens is 1. The molecule has 0 fully saturated rings. The predicted octanol–water partition coefficient (Wildman–Crippen LogP) is 3.35. The maximum absolute atomic E-state index is 12.8. The Morgan fingerprint density at radius 3 is 2.58 bits per heavy atom. The summed E-state index contributed by atoms with van der Waals surface area (Å²) in [5.74, 6) is 0.440. The number of rotatable bonds is 6. The maximum Gasteiger partial charge on any atom is 0.283 e. The number of methoxy groups -OCH3 is 1. The number of hydrogen-bond donors (Lipinski definition) is 1. The average molecular weight is 524 g/mol. The zero-order chi connectivity index (χ0) is 25.4. The molecule has 184 valence electrons. The standard InChI is InChI=1S/C24H21N5O5S2/c1-33-19-9-5-6-10-20(19)34-12-11-28-14-15(16-7-3-4-8-18(16)28)13-17-21(25)29-23(26-22(17)30)35-24(27-29)36(2,31)32/h3-10,13-14,25H,11-12H2,1-2H3. The molecule has 2 aliphatic heterocycles. The number of carbonyl (C=O) groups excluding carboxylic acids is 1. The van der Waals surface area contributed by atoms with Gasteiger partial charge in [0.05, 0.1) is 19.2 Å². The Kier molecular flexibility index (Phi) is 6.14. The summed E-state index contributed by atoms with van der Waals surface area (Å²) >= 11 is 0.756. The molecular weight excluding hydrogens is 502 g/mol. The Balaban J connectivity index is 1.44. The zero-order valence-corrected chi connectivity index (χ0v) is 21.0. The third-order valence-electron chi connectivity index (χ3n) is 5.53. The van der Waals surface area contributed by atoms with E-state index in [2.05, 4.69) is 10.1 Å². The molecule has 5 rings (SSSR count). The van der Waals surface area contributed by atoms with E-state index in [0.29, 0.717) is 30.2 Å². The van der Waals surface area contributed by atoms with Gasteiger partial charge in [-0.05, 0) is 36.0 Å². The fourth-order valence-electron chi connectivity index (χ4n) is 3.85. The van der Waals surface area contributed by atoms with Crippen LogP contribution in [0.25, 0.3) is 17.0 Å². The number of thioether (sulfide) groups is 1. The second-order valence-electron chi connectivity index (χ2n) is 7.95. The van der Waals surface area contributed by atoms with E-state index in [1.165, 1.54) is 0 Å².